The van der Waals surface area contributed by atoms with Crippen LogP contribution in [-0.2, 0) is 6.42 Å². The van der Waals surface area contributed by atoms with Crippen molar-refractivity contribution in [2.45, 2.75) is 19.8 Å². The van der Waals surface area contributed by atoms with Crippen LogP contribution in [0.1, 0.15) is 18.9 Å². The number of rotatable bonds is 3. The molecule has 0 aromatic heterocycles. The highest BCUT2D eigenvalue weighted by Gasteiger charge is 2.00. The van der Waals surface area contributed by atoms with E-state index in [1.807, 2.05) is 12.1 Å². The molecule has 1 rings (SSSR count). The van der Waals surface area contributed by atoms with Crippen molar-refractivity contribution in [2.75, 3.05) is 0 Å². The molecule has 0 radical (unpaired) electrons. The molecule has 0 aliphatic carbocycles. The van der Waals surface area contributed by atoms with Gasteiger partial charge in [-0.3, -0.25) is 0 Å². The first kappa shape index (κ1) is 10.8. The Morgan fingerprint density at radius 2 is 2.31 bits per heavy atom. The number of aliphatic imine (C=N–C) groups is 1. The lowest BCUT2D eigenvalue weighted by Crippen LogP contribution is -1.85. The van der Waals surface area contributed by atoms with E-state index in [0.29, 0.717) is 0 Å². The molecule has 0 bridgehead atoms. The molecule has 1 nitrogen and oxygen atoms in total. The molecular weight excluding hydrogens is 293 g/mol. The van der Waals surface area contributed by atoms with E-state index in [9.17, 15) is 0 Å². The Hall–Kier alpha value is -0.250. The highest BCUT2D eigenvalue weighted by molar-refractivity contribution is 14.1. The Bertz CT molecular complexity index is 343. The van der Waals surface area contributed by atoms with Crippen LogP contribution in [0.3, 0.4) is 0 Å². The molecule has 0 N–H and O–H groups in total. The smallest absolute Gasteiger partial charge is 0.0772 e. The molecule has 1 aromatic carbocycles. The lowest BCUT2D eigenvalue weighted by molar-refractivity contribution is 0.921. The first-order valence-corrected chi connectivity index (χ1v) is 5.63. The summed E-state index contributed by atoms with van der Waals surface area (Å²) in [6.45, 7) is 2.16. The number of hydrogen-bond donors (Lipinski definition) is 0. The average molecular weight is 303 g/mol. The summed E-state index contributed by atoms with van der Waals surface area (Å²) in [6.07, 6.45) is 2.17. The predicted octanol–water partition coefficient (Wildman–Crippen LogP) is 3.98. The molecule has 0 fully saturated rings. The third-order valence-corrected chi connectivity index (χ3v) is 2.49. The normalized spacial score (nSPS) is 9.38. The van der Waals surface area contributed by atoms with E-state index in [4.69, 9.17) is 0 Å². The zero-order chi connectivity index (χ0) is 9.68. The third-order valence-electron chi connectivity index (χ3n) is 1.73. The van der Waals surface area contributed by atoms with Crippen LogP contribution in [0.15, 0.2) is 23.2 Å². The number of hydrogen-bond acceptors (Lipinski definition) is 2. The maximum absolute atomic E-state index is 4.59. The molecule has 3 heteroatoms. The minimum atomic E-state index is 0.956. The van der Waals surface area contributed by atoms with E-state index in [1.54, 1.807) is 0 Å². The Morgan fingerprint density at radius 3 is 2.92 bits per heavy atom. The molecule has 0 atom stereocenters. The molecule has 0 saturated heterocycles. The lowest BCUT2D eigenvalue weighted by Gasteiger charge is -2.02. The zero-order valence-electron chi connectivity index (χ0n) is 7.38. The number of benzene rings is 1. The average Bonchev–Trinajstić information content (AvgIpc) is 2.10. The largest absolute Gasteiger partial charge is 0.194 e. The molecule has 13 heavy (non-hydrogen) atoms. The zero-order valence-corrected chi connectivity index (χ0v) is 10.4. The monoisotopic (exact) mass is 303 g/mol. The fourth-order valence-electron chi connectivity index (χ4n) is 1.18. The number of thiocarbonyl (C=S) groups is 1. The Balaban J connectivity index is 3.09. The molecular formula is C10H10INS. The summed E-state index contributed by atoms with van der Waals surface area (Å²) in [5.74, 6) is 0. The quantitative estimate of drug-likeness (QED) is 0.467. The maximum Gasteiger partial charge on any atom is 0.0772 e. The van der Waals surface area contributed by atoms with E-state index >= 15 is 0 Å². The second-order valence-corrected chi connectivity index (χ2v) is 4.15. The number of nitrogens with zero attached hydrogens (tertiary/aromatic N) is 1. The number of aryl methyl sites for hydroxylation is 1. The number of isothiocyanates is 1. The minimum Gasteiger partial charge on any atom is -0.194 e. The van der Waals surface area contributed by atoms with E-state index in [1.165, 1.54) is 9.13 Å². The van der Waals surface area contributed by atoms with Gasteiger partial charge < -0.3 is 0 Å². The summed E-state index contributed by atoms with van der Waals surface area (Å²) in [7, 11) is 0. The van der Waals surface area contributed by atoms with Gasteiger partial charge in [0.05, 0.1) is 10.8 Å². The van der Waals surface area contributed by atoms with Gasteiger partial charge in [-0.05, 0) is 65.0 Å². The van der Waals surface area contributed by atoms with Crippen LogP contribution in [0.5, 0.6) is 0 Å². The van der Waals surface area contributed by atoms with Gasteiger partial charge in [0.1, 0.15) is 0 Å². The van der Waals surface area contributed by atoms with Crippen LogP contribution in [0, 0.1) is 3.57 Å². The van der Waals surface area contributed by atoms with E-state index in [0.717, 1.165) is 18.5 Å². The van der Waals surface area contributed by atoms with Gasteiger partial charge in [0.2, 0.25) is 0 Å². The summed E-state index contributed by atoms with van der Waals surface area (Å²) >= 11 is 6.89. The highest BCUT2D eigenvalue weighted by atomic mass is 127. The van der Waals surface area contributed by atoms with Gasteiger partial charge in [0.25, 0.3) is 0 Å². The molecule has 0 aliphatic rings. The van der Waals surface area contributed by atoms with Gasteiger partial charge in [-0.2, -0.15) is 4.99 Å². The van der Waals surface area contributed by atoms with Crippen molar-refractivity contribution < 1.29 is 0 Å². The molecule has 0 amide bonds. The van der Waals surface area contributed by atoms with Crippen LogP contribution in [0.25, 0.3) is 0 Å². The van der Waals surface area contributed by atoms with Crippen molar-refractivity contribution in [1.82, 2.24) is 0 Å². The van der Waals surface area contributed by atoms with Crippen LogP contribution in [0.2, 0.25) is 0 Å². The first-order chi connectivity index (χ1) is 6.27. The van der Waals surface area contributed by atoms with Crippen LogP contribution in [-0.4, -0.2) is 5.16 Å². The Morgan fingerprint density at radius 1 is 1.54 bits per heavy atom. The van der Waals surface area contributed by atoms with Crippen molar-refractivity contribution in [3.8, 4) is 0 Å². The van der Waals surface area contributed by atoms with Gasteiger partial charge >= 0.3 is 0 Å². The summed E-state index contributed by atoms with van der Waals surface area (Å²) in [6, 6.07) is 6.17. The molecule has 0 saturated carbocycles. The molecule has 0 unspecified atom stereocenters. The van der Waals surface area contributed by atoms with E-state index in [2.05, 4.69) is 58.0 Å². The second-order valence-electron chi connectivity index (χ2n) is 2.73. The van der Waals surface area contributed by atoms with Crippen molar-refractivity contribution in [2.24, 2.45) is 4.99 Å². The third kappa shape index (κ3) is 3.18. The van der Waals surface area contributed by atoms with Crippen molar-refractivity contribution in [3.63, 3.8) is 0 Å². The Labute approximate surface area is 97.4 Å². The summed E-state index contributed by atoms with van der Waals surface area (Å²) < 4.78 is 1.24. The van der Waals surface area contributed by atoms with Gasteiger partial charge in [0.15, 0.2) is 0 Å². The molecule has 0 heterocycles. The molecule has 68 valence electrons. The van der Waals surface area contributed by atoms with Crippen LogP contribution >= 0.6 is 34.8 Å². The lowest BCUT2D eigenvalue weighted by atomic mass is 10.1. The molecule has 1 aromatic rings. The van der Waals surface area contributed by atoms with Crippen molar-refractivity contribution in [3.05, 3.63) is 27.3 Å². The van der Waals surface area contributed by atoms with Crippen LogP contribution in [0.4, 0.5) is 5.69 Å². The van der Waals surface area contributed by atoms with Gasteiger partial charge in [0, 0.05) is 3.57 Å². The molecule has 0 aliphatic heterocycles. The second kappa shape index (κ2) is 5.47. The summed E-state index contributed by atoms with van der Waals surface area (Å²) in [5, 5.41) is 2.41. The fourth-order valence-corrected chi connectivity index (χ4v) is 1.84. The molecule has 0 spiro atoms. The standard InChI is InChI=1S/C10H10INS/c1-2-3-8-6-9(11)4-5-10(8)12-7-13/h4-6H,2-3H2,1H3. The van der Waals surface area contributed by atoms with E-state index < -0.39 is 0 Å². The highest BCUT2D eigenvalue weighted by Crippen LogP contribution is 2.22. The topological polar surface area (TPSA) is 12.4 Å². The fraction of sp³-hybridized carbons (Fsp3) is 0.300. The summed E-state index contributed by atoms with van der Waals surface area (Å²) in [5.41, 5.74) is 2.21. The van der Waals surface area contributed by atoms with E-state index in [-0.39, 0.29) is 0 Å². The van der Waals surface area contributed by atoms with Gasteiger partial charge in [-0.15, -0.1) is 0 Å². The van der Waals surface area contributed by atoms with Crippen molar-refractivity contribution in [1.29, 1.82) is 0 Å². The Kier molecular flexibility index (Phi) is 4.56. The number of halogens is 1. The first-order valence-electron chi connectivity index (χ1n) is 4.14. The minimum absolute atomic E-state index is 0.956. The predicted molar refractivity (Wildman–Crippen MR) is 67.8 cm³/mol. The van der Waals surface area contributed by atoms with Gasteiger partial charge in [-0.1, -0.05) is 13.3 Å². The maximum atomic E-state index is 4.59. The van der Waals surface area contributed by atoms with Crippen molar-refractivity contribution >= 4 is 45.7 Å². The van der Waals surface area contributed by atoms with Crippen LogP contribution < -0.4 is 0 Å². The van der Waals surface area contributed by atoms with Gasteiger partial charge in [-0.25, -0.2) is 0 Å². The SMILES string of the molecule is CCCc1cc(I)ccc1N=C=S. The summed E-state index contributed by atoms with van der Waals surface area (Å²) in [4.78, 5) is 4.03.